The van der Waals surface area contributed by atoms with E-state index in [1.807, 2.05) is 24.3 Å². The molecule has 1 aromatic carbocycles. The van der Waals surface area contributed by atoms with Crippen LogP contribution in [0.15, 0.2) is 48.7 Å². The van der Waals surface area contributed by atoms with Gasteiger partial charge < -0.3 is 10.2 Å². The van der Waals surface area contributed by atoms with E-state index in [-0.39, 0.29) is 11.9 Å². The van der Waals surface area contributed by atoms with Crippen molar-refractivity contribution in [1.29, 1.82) is 0 Å². The summed E-state index contributed by atoms with van der Waals surface area (Å²) in [5.41, 5.74) is 2.82. The van der Waals surface area contributed by atoms with Gasteiger partial charge in [0.1, 0.15) is 5.69 Å². The average Bonchev–Trinajstić information content (AvgIpc) is 2.51. The van der Waals surface area contributed by atoms with Crippen molar-refractivity contribution in [3.63, 3.8) is 0 Å². The molecule has 1 atom stereocenters. The van der Waals surface area contributed by atoms with Crippen LogP contribution >= 0.6 is 0 Å². The molecule has 2 heterocycles. The van der Waals surface area contributed by atoms with Crippen LogP contribution in [0.5, 0.6) is 0 Å². The highest BCUT2D eigenvalue weighted by atomic mass is 16.1. The first-order valence-electron chi connectivity index (χ1n) is 6.77. The maximum Gasteiger partial charge on any atom is 0.270 e. The minimum atomic E-state index is -0.116. The highest BCUT2D eigenvalue weighted by Crippen LogP contribution is 2.32. The zero-order valence-corrected chi connectivity index (χ0v) is 11.4. The second-order valence-corrected chi connectivity index (χ2v) is 5.01. The van der Waals surface area contributed by atoms with Crippen LogP contribution in [-0.2, 0) is 0 Å². The van der Waals surface area contributed by atoms with Gasteiger partial charge in [-0.05, 0) is 30.2 Å². The van der Waals surface area contributed by atoms with Crippen LogP contribution in [0.25, 0.3) is 0 Å². The third-order valence-corrected chi connectivity index (χ3v) is 3.68. The Morgan fingerprint density at radius 3 is 2.85 bits per heavy atom. The zero-order chi connectivity index (χ0) is 13.9. The Morgan fingerprint density at radius 2 is 2.05 bits per heavy atom. The van der Waals surface area contributed by atoms with Gasteiger partial charge in [0.05, 0.1) is 6.04 Å². The Morgan fingerprint density at radius 1 is 1.25 bits per heavy atom. The zero-order valence-electron chi connectivity index (χ0n) is 11.4. The van der Waals surface area contributed by atoms with E-state index in [4.69, 9.17) is 0 Å². The largest absolute Gasteiger partial charge is 0.374 e. The summed E-state index contributed by atoms with van der Waals surface area (Å²) in [6, 6.07) is 13.6. The molecule has 1 aliphatic heterocycles. The van der Waals surface area contributed by atoms with E-state index in [1.54, 1.807) is 12.3 Å². The molecule has 1 aromatic heterocycles. The van der Waals surface area contributed by atoms with Gasteiger partial charge in [-0.15, -0.1) is 0 Å². The normalized spacial score (nSPS) is 17.4. The van der Waals surface area contributed by atoms with E-state index in [0.717, 1.165) is 13.0 Å². The van der Waals surface area contributed by atoms with Crippen LogP contribution in [0.4, 0.5) is 5.69 Å². The highest BCUT2D eigenvalue weighted by Gasteiger charge is 2.24. The average molecular weight is 267 g/mol. The molecule has 0 spiro atoms. The number of amides is 1. The quantitative estimate of drug-likeness (QED) is 0.908. The molecule has 1 unspecified atom stereocenters. The van der Waals surface area contributed by atoms with Crippen LogP contribution in [0, 0.1) is 0 Å². The summed E-state index contributed by atoms with van der Waals surface area (Å²) in [5, 5.41) is 3.08. The van der Waals surface area contributed by atoms with Crippen molar-refractivity contribution in [3.8, 4) is 0 Å². The molecule has 1 aliphatic rings. The van der Waals surface area contributed by atoms with Crippen molar-refractivity contribution in [2.75, 3.05) is 18.5 Å². The molecule has 0 bridgehead atoms. The molecule has 0 saturated heterocycles. The number of aromatic nitrogens is 1. The summed E-state index contributed by atoms with van der Waals surface area (Å²) in [7, 11) is 2.08. The van der Waals surface area contributed by atoms with Gasteiger partial charge in [-0.25, -0.2) is 0 Å². The number of carbonyl (C=O) groups excluding carboxylic acids is 1. The van der Waals surface area contributed by atoms with E-state index < -0.39 is 0 Å². The van der Waals surface area contributed by atoms with Gasteiger partial charge >= 0.3 is 0 Å². The maximum absolute atomic E-state index is 12.2. The topological polar surface area (TPSA) is 45.2 Å². The molecule has 4 heteroatoms. The Hall–Kier alpha value is -2.36. The van der Waals surface area contributed by atoms with Crippen LogP contribution in [0.3, 0.4) is 0 Å². The fraction of sp³-hybridized carbons (Fsp3) is 0.250. The number of nitrogens with zero attached hydrogens (tertiary/aromatic N) is 2. The maximum atomic E-state index is 12.2. The van der Waals surface area contributed by atoms with Gasteiger partial charge in [0.25, 0.3) is 5.91 Å². The molecule has 1 amide bonds. The summed E-state index contributed by atoms with van der Waals surface area (Å²) in [6.07, 6.45) is 2.55. The number of anilines is 1. The summed E-state index contributed by atoms with van der Waals surface area (Å²) in [6.45, 7) is 0.935. The molecule has 0 radical (unpaired) electrons. The van der Waals surface area contributed by atoms with Crippen LogP contribution in [0.2, 0.25) is 0 Å². The van der Waals surface area contributed by atoms with E-state index in [9.17, 15) is 4.79 Å². The number of fused-ring (bicyclic) bond motifs is 1. The Balaban J connectivity index is 1.82. The molecule has 3 rings (SSSR count). The van der Waals surface area contributed by atoms with Gasteiger partial charge in [0.2, 0.25) is 0 Å². The lowest BCUT2D eigenvalue weighted by Gasteiger charge is -2.33. The third kappa shape index (κ3) is 2.37. The van der Waals surface area contributed by atoms with Crippen LogP contribution in [-0.4, -0.2) is 24.5 Å². The molecular weight excluding hydrogens is 250 g/mol. The van der Waals surface area contributed by atoms with E-state index >= 15 is 0 Å². The molecule has 20 heavy (non-hydrogen) atoms. The number of benzene rings is 1. The SMILES string of the molecule is CN1CCC(NC(=O)c2ccccn2)c2ccccc21. The predicted molar refractivity (Wildman–Crippen MR) is 78.8 cm³/mol. The lowest BCUT2D eigenvalue weighted by Crippen LogP contribution is -2.36. The standard InChI is InChI=1S/C16H17N3O/c1-19-11-9-13(12-6-2-3-8-15(12)19)18-16(20)14-7-4-5-10-17-14/h2-8,10,13H,9,11H2,1H3,(H,18,20). The van der Waals surface area contributed by atoms with Crippen molar-refractivity contribution < 1.29 is 4.79 Å². The van der Waals surface area contributed by atoms with Crippen molar-refractivity contribution in [3.05, 3.63) is 59.9 Å². The monoisotopic (exact) mass is 267 g/mol. The summed E-state index contributed by atoms with van der Waals surface area (Å²) in [4.78, 5) is 18.5. The molecule has 0 saturated carbocycles. The number of pyridine rings is 1. The van der Waals surface area contributed by atoms with Crippen molar-refractivity contribution >= 4 is 11.6 Å². The molecule has 0 aliphatic carbocycles. The van der Waals surface area contributed by atoms with Crippen LogP contribution in [0.1, 0.15) is 28.5 Å². The number of para-hydroxylation sites is 1. The van der Waals surface area contributed by atoms with Crippen LogP contribution < -0.4 is 10.2 Å². The fourth-order valence-corrected chi connectivity index (χ4v) is 2.61. The molecule has 1 N–H and O–H groups in total. The predicted octanol–water partition coefficient (Wildman–Crippen LogP) is 2.39. The first-order valence-corrected chi connectivity index (χ1v) is 6.77. The van der Waals surface area contributed by atoms with Gasteiger partial charge in [-0.3, -0.25) is 9.78 Å². The Kier molecular flexibility index (Phi) is 3.37. The number of hydrogen-bond donors (Lipinski definition) is 1. The Labute approximate surface area is 118 Å². The second kappa shape index (κ2) is 5.33. The molecule has 0 fully saturated rings. The molecule has 4 nitrogen and oxygen atoms in total. The summed E-state index contributed by atoms with van der Waals surface area (Å²) in [5.74, 6) is -0.116. The van der Waals surface area contributed by atoms with Crippen molar-refractivity contribution in [2.45, 2.75) is 12.5 Å². The van der Waals surface area contributed by atoms with Gasteiger partial charge in [-0.1, -0.05) is 24.3 Å². The van der Waals surface area contributed by atoms with Crippen molar-refractivity contribution in [2.24, 2.45) is 0 Å². The molecule has 2 aromatic rings. The minimum Gasteiger partial charge on any atom is -0.374 e. The first kappa shape index (κ1) is 12.7. The number of nitrogens with one attached hydrogen (secondary N) is 1. The molecular formula is C16H17N3O. The lowest BCUT2D eigenvalue weighted by molar-refractivity contribution is 0.0929. The van der Waals surface area contributed by atoms with E-state index in [1.165, 1.54) is 11.3 Å². The highest BCUT2D eigenvalue weighted by molar-refractivity contribution is 5.92. The van der Waals surface area contributed by atoms with Gasteiger partial charge in [-0.2, -0.15) is 0 Å². The van der Waals surface area contributed by atoms with Gasteiger partial charge in [0.15, 0.2) is 0 Å². The number of carbonyl (C=O) groups is 1. The summed E-state index contributed by atoms with van der Waals surface area (Å²) >= 11 is 0. The lowest BCUT2D eigenvalue weighted by atomic mass is 9.96. The number of hydrogen-bond acceptors (Lipinski definition) is 3. The van der Waals surface area contributed by atoms with E-state index in [2.05, 4.69) is 34.4 Å². The minimum absolute atomic E-state index is 0.0527. The fourth-order valence-electron chi connectivity index (χ4n) is 2.61. The first-order chi connectivity index (χ1) is 9.75. The third-order valence-electron chi connectivity index (χ3n) is 3.68. The molecule has 102 valence electrons. The van der Waals surface area contributed by atoms with Crippen molar-refractivity contribution in [1.82, 2.24) is 10.3 Å². The smallest absolute Gasteiger partial charge is 0.270 e. The van der Waals surface area contributed by atoms with Gasteiger partial charge in [0, 0.05) is 25.5 Å². The number of rotatable bonds is 2. The Bertz CT molecular complexity index is 612. The summed E-state index contributed by atoms with van der Waals surface area (Å²) < 4.78 is 0. The second-order valence-electron chi connectivity index (χ2n) is 5.01. The van der Waals surface area contributed by atoms with E-state index in [0.29, 0.717) is 5.69 Å².